The number of nitrogens with two attached hydrogens (primary N) is 1. The molecule has 0 bridgehead atoms. The average Bonchev–Trinajstić information content (AvgIpc) is 2.44. The summed E-state index contributed by atoms with van der Waals surface area (Å²) in [5, 5.41) is 12.4. The first kappa shape index (κ1) is 13.9. The Morgan fingerprint density at radius 3 is 2.50 bits per heavy atom. The summed E-state index contributed by atoms with van der Waals surface area (Å²) >= 11 is 0. The topological polar surface area (TPSA) is 58.3 Å². The molecular formula is C13H28N2O. The molecule has 0 aromatic rings. The lowest BCUT2D eigenvalue weighted by Gasteiger charge is -2.34. The second-order valence-electron chi connectivity index (χ2n) is 6.16. The lowest BCUT2D eigenvalue weighted by Crippen LogP contribution is -2.53. The summed E-state index contributed by atoms with van der Waals surface area (Å²) in [6, 6.07) is 0. The molecule has 4 N–H and O–H groups in total. The molecule has 1 aliphatic rings. The van der Waals surface area contributed by atoms with E-state index in [-0.39, 0.29) is 5.54 Å². The van der Waals surface area contributed by atoms with Gasteiger partial charge in [0.25, 0.3) is 0 Å². The van der Waals surface area contributed by atoms with Crippen LogP contribution < -0.4 is 11.1 Å². The van der Waals surface area contributed by atoms with Crippen LogP contribution in [0.2, 0.25) is 0 Å². The fraction of sp³-hybridized carbons (Fsp3) is 1.00. The van der Waals surface area contributed by atoms with Crippen LogP contribution in [0.15, 0.2) is 0 Å². The van der Waals surface area contributed by atoms with E-state index < -0.39 is 0 Å². The van der Waals surface area contributed by atoms with Crippen LogP contribution in [0.25, 0.3) is 0 Å². The third kappa shape index (κ3) is 3.19. The van der Waals surface area contributed by atoms with Crippen LogP contribution in [0.5, 0.6) is 0 Å². The number of hydrogen-bond donors (Lipinski definition) is 3. The largest absolute Gasteiger partial charge is 0.396 e. The van der Waals surface area contributed by atoms with E-state index in [2.05, 4.69) is 26.1 Å². The van der Waals surface area contributed by atoms with E-state index in [4.69, 9.17) is 10.8 Å². The van der Waals surface area contributed by atoms with Crippen molar-refractivity contribution in [1.29, 1.82) is 0 Å². The van der Waals surface area contributed by atoms with Crippen LogP contribution >= 0.6 is 0 Å². The number of aliphatic hydroxyl groups excluding tert-OH is 1. The van der Waals surface area contributed by atoms with Crippen LogP contribution in [0.1, 0.15) is 46.5 Å². The molecule has 1 aliphatic carbocycles. The van der Waals surface area contributed by atoms with Gasteiger partial charge in [-0.25, -0.2) is 0 Å². The standard InChI is InChI=1S/C13H28N2O/c1-11-8-12(2,3)9-13(11,10-14)15-6-4-5-7-16/h11,15-16H,4-10,14H2,1-3H3. The molecule has 0 spiro atoms. The molecule has 1 rings (SSSR count). The lowest BCUT2D eigenvalue weighted by molar-refractivity contribution is 0.244. The first-order valence-corrected chi connectivity index (χ1v) is 6.52. The van der Waals surface area contributed by atoms with Gasteiger partial charge in [-0.2, -0.15) is 0 Å². The van der Waals surface area contributed by atoms with Gasteiger partial charge in [0.15, 0.2) is 0 Å². The van der Waals surface area contributed by atoms with Crippen LogP contribution in [0.4, 0.5) is 0 Å². The van der Waals surface area contributed by atoms with E-state index in [1.54, 1.807) is 0 Å². The molecule has 1 saturated carbocycles. The highest BCUT2D eigenvalue weighted by molar-refractivity contribution is 5.04. The molecule has 0 aromatic carbocycles. The maximum absolute atomic E-state index is 8.76. The quantitative estimate of drug-likeness (QED) is 0.604. The number of hydrogen-bond acceptors (Lipinski definition) is 3. The first-order valence-electron chi connectivity index (χ1n) is 6.52. The predicted molar refractivity (Wildman–Crippen MR) is 68.3 cm³/mol. The van der Waals surface area contributed by atoms with Crippen LogP contribution in [0, 0.1) is 11.3 Å². The predicted octanol–water partition coefficient (Wildman–Crippen LogP) is 1.50. The van der Waals surface area contributed by atoms with Crippen molar-refractivity contribution >= 4 is 0 Å². The lowest BCUT2D eigenvalue weighted by atomic mass is 9.86. The minimum Gasteiger partial charge on any atom is -0.396 e. The summed E-state index contributed by atoms with van der Waals surface area (Å²) in [7, 11) is 0. The van der Waals surface area contributed by atoms with Crippen molar-refractivity contribution < 1.29 is 5.11 Å². The van der Waals surface area contributed by atoms with Gasteiger partial charge in [0.1, 0.15) is 0 Å². The number of rotatable bonds is 6. The van der Waals surface area contributed by atoms with Crippen molar-refractivity contribution in [2.45, 2.75) is 52.0 Å². The molecular weight excluding hydrogens is 200 g/mol. The van der Waals surface area contributed by atoms with Crippen molar-refractivity contribution in [2.24, 2.45) is 17.1 Å². The van der Waals surface area contributed by atoms with Gasteiger partial charge in [0.2, 0.25) is 0 Å². The maximum Gasteiger partial charge on any atom is 0.0431 e. The van der Waals surface area contributed by atoms with Gasteiger partial charge < -0.3 is 16.2 Å². The Kier molecular flexibility index (Phi) is 4.77. The molecule has 2 unspecified atom stereocenters. The van der Waals surface area contributed by atoms with E-state index in [9.17, 15) is 0 Å². The molecule has 0 heterocycles. The molecule has 16 heavy (non-hydrogen) atoms. The Hall–Kier alpha value is -0.120. The van der Waals surface area contributed by atoms with Crippen molar-refractivity contribution in [3.8, 4) is 0 Å². The fourth-order valence-electron chi connectivity index (χ4n) is 3.28. The highest BCUT2D eigenvalue weighted by Crippen LogP contribution is 2.46. The van der Waals surface area contributed by atoms with Gasteiger partial charge in [-0.15, -0.1) is 0 Å². The Morgan fingerprint density at radius 2 is 2.06 bits per heavy atom. The van der Waals surface area contributed by atoms with Gasteiger partial charge in [-0.05, 0) is 43.6 Å². The van der Waals surface area contributed by atoms with E-state index in [1.165, 1.54) is 6.42 Å². The molecule has 96 valence electrons. The monoisotopic (exact) mass is 228 g/mol. The second kappa shape index (κ2) is 5.48. The smallest absolute Gasteiger partial charge is 0.0431 e. The maximum atomic E-state index is 8.76. The third-order valence-electron chi connectivity index (χ3n) is 4.02. The summed E-state index contributed by atoms with van der Waals surface area (Å²) < 4.78 is 0. The van der Waals surface area contributed by atoms with Gasteiger partial charge >= 0.3 is 0 Å². The number of aliphatic hydroxyl groups is 1. The molecule has 0 amide bonds. The molecule has 0 radical (unpaired) electrons. The molecule has 3 heteroatoms. The van der Waals surface area contributed by atoms with Crippen molar-refractivity contribution in [2.75, 3.05) is 19.7 Å². The fourth-order valence-corrected chi connectivity index (χ4v) is 3.28. The number of nitrogens with one attached hydrogen (secondary N) is 1. The Labute approximate surface area is 99.8 Å². The van der Waals surface area contributed by atoms with Crippen LogP contribution in [-0.2, 0) is 0 Å². The minimum atomic E-state index is 0.124. The van der Waals surface area contributed by atoms with Crippen molar-refractivity contribution in [3.63, 3.8) is 0 Å². The summed E-state index contributed by atoms with van der Waals surface area (Å²) in [5.74, 6) is 0.640. The summed E-state index contributed by atoms with van der Waals surface area (Å²) in [6.45, 7) is 8.94. The van der Waals surface area contributed by atoms with Crippen LogP contribution in [0.3, 0.4) is 0 Å². The SMILES string of the molecule is CC1CC(C)(C)CC1(CN)NCCCCO. The Morgan fingerprint density at radius 1 is 1.38 bits per heavy atom. The van der Waals surface area contributed by atoms with E-state index in [1.807, 2.05) is 0 Å². The molecule has 0 aliphatic heterocycles. The molecule has 2 atom stereocenters. The van der Waals surface area contributed by atoms with Crippen molar-refractivity contribution in [3.05, 3.63) is 0 Å². The second-order valence-corrected chi connectivity index (χ2v) is 6.16. The first-order chi connectivity index (χ1) is 7.46. The average molecular weight is 228 g/mol. The van der Waals surface area contributed by atoms with E-state index in [0.717, 1.165) is 32.4 Å². The zero-order valence-corrected chi connectivity index (χ0v) is 11.1. The summed E-state index contributed by atoms with van der Waals surface area (Å²) in [5.41, 5.74) is 6.51. The van der Waals surface area contributed by atoms with E-state index in [0.29, 0.717) is 17.9 Å². The minimum absolute atomic E-state index is 0.124. The zero-order chi connectivity index (χ0) is 12.2. The van der Waals surface area contributed by atoms with Gasteiger partial charge in [0.05, 0.1) is 0 Å². The summed E-state index contributed by atoms with van der Waals surface area (Å²) in [6.07, 6.45) is 4.32. The molecule has 0 aromatic heterocycles. The Balaban J connectivity index is 2.50. The van der Waals surface area contributed by atoms with Gasteiger partial charge in [-0.1, -0.05) is 20.8 Å². The zero-order valence-electron chi connectivity index (χ0n) is 11.1. The van der Waals surface area contributed by atoms with Gasteiger partial charge in [-0.3, -0.25) is 0 Å². The summed E-state index contributed by atoms with van der Waals surface area (Å²) in [4.78, 5) is 0. The Bertz CT molecular complexity index is 218. The van der Waals surface area contributed by atoms with Crippen LogP contribution in [-0.4, -0.2) is 30.3 Å². The highest BCUT2D eigenvalue weighted by atomic mass is 16.2. The van der Waals surface area contributed by atoms with Gasteiger partial charge in [0, 0.05) is 18.7 Å². The molecule has 3 nitrogen and oxygen atoms in total. The third-order valence-corrected chi connectivity index (χ3v) is 4.02. The molecule has 1 fully saturated rings. The normalized spacial score (nSPS) is 33.2. The van der Waals surface area contributed by atoms with E-state index >= 15 is 0 Å². The van der Waals surface area contributed by atoms with Crippen molar-refractivity contribution in [1.82, 2.24) is 5.32 Å². The highest BCUT2D eigenvalue weighted by Gasteiger charge is 2.47. The number of unbranched alkanes of at least 4 members (excludes halogenated alkanes) is 1. The molecule has 0 saturated heterocycles.